The Morgan fingerprint density at radius 3 is 2.67 bits per heavy atom. The number of carbonyl (C=O) groups is 1. The lowest BCUT2D eigenvalue weighted by Gasteiger charge is -2.14. The molecule has 0 fully saturated rings. The molecular weight excluding hydrogens is 294 g/mol. The Morgan fingerprint density at radius 2 is 2.14 bits per heavy atom. The highest BCUT2D eigenvalue weighted by Gasteiger charge is 2.29. The molecule has 0 saturated heterocycles. The Hall–Kier alpha value is -2.04. The summed E-state index contributed by atoms with van der Waals surface area (Å²) in [6, 6.07) is 4.86. The molecule has 2 N–H and O–H groups in total. The minimum Gasteiger partial charge on any atom is -0.468 e. The minimum atomic E-state index is -3.88. The third kappa shape index (κ3) is 4.48. The first-order valence-corrected chi connectivity index (χ1v) is 7.66. The normalized spacial score (nSPS) is 12.0. The summed E-state index contributed by atoms with van der Waals surface area (Å²) >= 11 is 0. The fraction of sp³-hybridized carbons (Fsp3) is 0.357. The molecule has 0 heterocycles. The fourth-order valence-electron chi connectivity index (χ4n) is 1.53. The van der Waals surface area contributed by atoms with E-state index in [-0.39, 0.29) is 6.61 Å². The first kappa shape index (κ1) is 17.0. The van der Waals surface area contributed by atoms with Crippen LogP contribution in [0.5, 0.6) is 0 Å². The zero-order chi connectivity index (χ0) is 16.0. The summed E-state index contributed by atoms with van der Waals surface area (Å²) in [5.41, 5.74) is 1.67. The van der Waals surface area contributed by atoms with Crippen molar-refractivity contribution in [3.05, 3.63) is 29.3 Å². The summed E-state index contributed by atoms with van der Waals surface area (Å²) in [7, 11) is -2.74. The highest BCUT2D eigenvalue weighted by Crippen LogP contribution is 2.19. The second-order valence-corrected chi connectivity index (χ2v) is 6.30. The van der Waals surface area contributed by atoms with E-state index in [9.17, 15) is 13.2 Å². The number of esters is 1. The highest BCUT2D eigenvalue weighted by molar-refractivity contribution is 7.94. The first-order valence-electron chi connectivity index (χ1n) is 6.11. The van der Waals surface area contributed by atoms with Gasteiger partial charge in [0.05, 0.1) is 12.8 Å². The van der Waals surface area contributed by atoms with Gasteiger partial charge in [-0.3, -0.25) is 9.52 Å². The number of ether oxygens (including phenoxy) is 1. The number of carbonyl (C=O) groups excluding carboxylic acids is 1. The maximum Gasteiger partial charge on any atom is 0.325 e. The number of aryl methyl sites for hydroxylation is 1. The van der Waals surface area contributed by atoms with Crippen LogP contribution in [0.4, 0.5) is 5.69 Å². The van der Waals surface area contributed by atoms with Crippen molar-refractivity contribution in [1.82, 2.24) is 0 Å². The Balaban J connectivity index is 3.01. The predicted molar refractivity (Wildman–Crippen MR) is 79.2 cm³/mol. The quantitative estimate of drug-likeness (QED) is 0.629. The Bertz CT molecular complexity index is 685. The maximum atomic E-state index is 12.0. The molecule has 114 valence electrons. The van der Waals surface area contributed by atoms with E-state index in [2.05, 4.69) is 21.3 Å². The standard InChI is InChI=1S/C14H17NO5S/c1-10-9-12(5-4-8-16)6-7-13(10)15-21(18,19)11(2)14(17)20-3/h6-7,9,11,15-16H,8H2,1-3H3. The van der Waals surface area contributed by atoms with Crippen molar-refractivity contribution in [3.63, 3.8) is 0 Å². The number of anilines is 1. The summed E-state index contributed by atoms with van der Waals surface area (Å²) in [5, 5.41) is 7.32. The molecular formula is C14H17NO5S. The molecule has 1 aromatic carbocycles. The molecule has 0 saturated carbocycles. The lowest BCUT2D eigenvalue weighted by molar-refractivity contribution is -0.139. The number of aliphatic hydroxyl groups is 1. The Morgan fingerprint density at radius 1 is 1.48 bits per heavy atom. The largest absolute Gasteiger partial charge is 0.468 e. The Kier molecular flexibility index (Phi) is 5.76. The predicted octanol–water partition coefficient (Wildman–Crippen LogP) is 0.642. The molecule has 0 bridgehead atoms. The third-order valence-electron chi connectivity index (χ3n) is 2.79. The molecule has 1 rings (SSSR count). The van der Waals surface area contributed by atoms with Crippen molar-refractivity contribution in [2.24, 2.45) is 0 Å². The molecule has 0 amide bonds. The van der Waals surface area contributed by atoms with E-state index in [1.165, 1.54) is 6.92 Å². The topological polar surface area (TPSA) is 92.7 Å². The first-order chi connectivity index (χ1) is 9.81. The van der Waals surface area contributed by atoms with Gasteiger partial charge in [-0.25, -0.2) is 8.42 Å². The van der Waals surface area contributed by atoms with E-state index < -0.39 is 21.2 Å². The molecule has 7 heteroatoms. The maximum absolute atomic E-state index is 12.0. The van der Waals surface area contributed by atoms with Crippen molar-refractivity contribution < 1.29 is 23.1 Å². The van der Waals surface area contributed by atoms with Crippen LogP contribution in [0.2, 0.25) is 0 Å². The molecule has 0 aliphatic rings. The molecule has 21 heavy (non-hydrogen) atoms. The minimum absolute atomic E-state index is 0.246. The average molecular weight is 311 g/mol. The van der Waals surface area contributed by atoms with Gasteiger partial charge in [0.25, 0.3) is 0 Å². The van der Waals surface area contributed by atoms with E-state index in [0.717, 1.165) is 7.11 Å². The van der Waals surface area contributed by atoms with Crippen LogP contribution < -0.4 is 4.72 Å². The summed E-state index contributed by atoms with van der Waals surface area (Å²) < 4.78 is 30.9. The van der Waals surface area contributed by atoms with Crippen LogP contribution in [0.1, 0.15) is 18.1 Å². The molecule has 1 atom stereocenters. The molecule has 0 aromatic heterocycles. The van der Waals surface area contributed by atoms with Gasteiger partial charge in [-0.1, -0.05) is 11.8 Å². The SMILES string of the molecule is COC(=O)C(C)S(=O)(=O)Nc1ccc(C#CCO)cc1C. The van der Waals surface area contributed by atoms with Gasteiger partial charge in [-0.15, -0.1) is 0 Å². The third-order valence-corrected chi connectivity index (χ3v) is 4.42. The van der Waals surface area contributed by atoms with Gasteiger partial charge >= 0.3 is 5.97 Å². The summed E-state index contributed by atoms with van der Waals surface area (Å²) in [6.45, 7) is 2.72. The Labute approximate surface area is 124 Å². The number of aliphatic hydroxyl groups excluding tert-OH is 1. The van der Waals surface area contributed by atoms with Crippen LogP contribution in [-0.2, 0) is 19.6 Å². The summed E-state index contributed by atoms with van der Waals surface area (Å²) in [4.78, 5) is 11.3. The second-order valence-electron chi connectivity index (χ2n) is 4.30. The molecule has 6 nitrogen and oxygen atoms in total. The summed E-state index contributed by atoms with van der Waals surface area (Å²) in [5.74, 6) is 4.40. The van der Waals surface area contributed by atoms with Gasteiger partial charge in [-0.2, -0.15) is 0 Å². The molecule has 0 spiro atoms. The zero-order valence-electron chi connectivity index (χ0n) is 12.0. The van der Waals surface area contributed by atoms with Crippen LogP contribution in [0.15, 0.2) is 18.2 Å². The van der Waals surface area contributed by atoms with Crippen LogP contribution in [0, 0.1) is 18.8 Å². The van der Waals surface area contributed by atoms with Crippen molar-refractivity contribution in [2.45, 2.75) is 19.1 Å². The number of benzene rings is 1. The van der Waals surface area contributed by atoms with Crippen LogP contribution in [0.3, 0.4) is 0 Å². The van der Waals surface area contributed by atoms with Crippen LogP contribution >= 0.6 is 0 Å². The van der Waals surface area contributed by atoms with Crippen LogP contribution in [-0.4, -0.2) is 38.5 Å². The lowest BCUT2D eigenvalue weighted by Crippen LogP contribution is -2.33. The number of nitrogens with one attached hydrogen (secondary N) is 1. The fourth-order valence-corrected chi connectivity index (χ4v) is 2.59. The molecule has 1 unspecified atom stereocenters. The van der Waals surface area contributed by atoms with E-state index >= 15 is 0 Å². The highest BCUT2D eigenvalue weighted by atomic mass is 32.2. The van der Waals surface area contributed by atoms with Gasteiger partial charge in [0.15, 0.2) is 5.25 Å². The molecule has 0 radical (unpaired) electrons. The van der Waals surface area contributed by atoms with Crippen molar-refractivity contribution in [3.8, 4) is 11.8 Å². The van der Waals surface area contributed by atoms with Crippen molar-refractivity contribution in [1.29, 1.82) is 0 Å². The number of hydrogen-bond donors (Lipinski definition) is 2. The van der Waals surface area contributed by atoms with Gasteiger partial charge < -0.3 is 9.84 Å². The zero-order valence-corrected chi connectivity index (χ0v) is 12.8. The monoisotopic (exact) mass is 311 g/mol. The number of hydrogen-bond acceptors (Lipinski definition) is 5. The van der Waals surface area contributed by atoms with Crippen LogP contribution in [0.25, 0.3) is 0 Å². The number of sulfonamides is 1. The van der Waals surface area contributed by atoms with E-state index in [1.54, 1.807) is 25.1 Å². The molecule has 0 aliphatic heterocycles. The summed E-state index contributed by atoms with van der Waals surface area (Å²) in [6.07, 6.45) is 0. The molecule has 1 aromatic rings. The van der Waals surface area contributed by atoms with Crippen molar-refractivity contribution >= 4 is 21.7 Å². The van der Waals surface area contributed by atoms with Gasteiger partial charge in [0.1, 0.15) is 6.61 Å². The average Bonchev–Trinajstić information content (AvgIpc) is 2.45. The second kappa shape index (κ2) is 7.11. The van der Waals surface area contributed by atoms with E-state index in [4.69, 9.17) is 5.11 Å². The van der Waals surface area contributed by atoms with Crippen molar-refractivity contribution in [2.75, 3.05) is 18.4 Å². The van der Waals surface area contributed by atoms with Gasteiger partial charge in [0, 0.05) is 5.56 Å². The van der Waals surface area contributed by atoms with Gasteiger partial charge in [-0.05, 0) is 37.6 Å². The molecule has 0 aliphatic carbocycles. The number of methoxy groups -OCH3 is 1. The lowest BCUT2D eigenvalue weighted by atomic mass is 10.1. The van der Waals surface area contributed by atoms with Gasteiger partial charge in [0.2, 0.25) is 10.0 Å². The van der Waals surface area contributed by atoms with E-state index in [1.807, 2.05) is 0 Å². The number of rotatable bonds is 4. The van der Waals surface area contributed by atoms with E-state index in [0.29, 0.717) is 16.8 Å². The smallest absolute Gasteiger partial charge is 0.325 e.